The molecule has 17 N–H and O–H groups in total. The Bertz CT molecular complexity index is 3250. The van der Waals surface area contributed by atoms with Crippen LogP contribution in [0.25, 0.3) is 10.9 Å². The van der Waals surface area contributed by atoms with Gasteiger partial charge in [-0.15, -0.1) is 0 Å². The number of aliphatic hydroxyl groups excluding tert-OH is 1. The standard InChI is InChI=1S/C61H82N16O12/c1-4-65-58(87)49-17-11-25-77(49)60(89)43(16-10-24-66-61(62)63)70-53(82)44(26-34(2)3)74-59(88)51(36-12-6-5-7-13-36)76-56(85)45(27-35-18-20-39(79)21-19-35)71-57(86)48(32-78)75-54(83)46(28-37-30-67-41-15-9-8-14-40(37)41)72-55(84)47(29-38-31-64-33-68-38)73-52(81)42-22-23-50(80)69-42/h5-6,8-9,13-15,18-21,30-31,33-34,42-49,51,67,78-79H,4,7,10-12,16-17,22-29,32H2,1-3H3,(H,64,68)(H,65,87)(H,69,80)(H,70,82)(H,71,86)(H,72,84)(H,73,81)(H,74,88)(H,75,83)(H,76,85)(H4,62,63,66)/t42-,43-,44-,45-,46-,47-,48-,49-,51?/m0/s1. The maximum Gasteiger partial charge on any atom is 0.247 e. The number of carbonyl (C=O) groups is 10. The SMILES string of the molecule is CCNC(=O)[C@@H]1CCCN1C(=O)[C@H](CCCN=C(N)N)NC(=O)[C@H](CC(C)C)NC(=O)C(NC(=O)[C@H](Cc1ccc(O)cc1)NC(=O)[C@H](CO)NC(=O)[C@H](Cc1c[nH]c2ccccc12)NC(=O)[C@H](Cc1cnc[nH]1)NC(=O)[C@@H]1CCC(=O)N1)C1=CCC=CC1. The number of phenolic OH excluding ortho intramolecular Hbond substituents is 1. The molecule has 3 aliphatic rings. The lowest BCUT2D eigenvalue weighted by Crippen LogP contribution is -2.61. The second kappa shape index (κ2) is 32.4. The number of aliphatic imine (C=N–C) groups is 1. The number of hydrogen-bond donors (Lipinski definition) is 15. The molecule has 2 fully saturated rings. The van der Waals surface area contributed by atoms with E-state index in [9.17, 15) is 58.2 Å². The van der Waals surface area contributed by atoms with Gasteiger partial charge in [-0.05, 0) is 99.1 Å². The molecule has 89 heavy (non-hydrogen) atoms. The number of amides is 10. The number of nitrogens with one attached hydrogen (secondary N) is 11. The first-order chi connectivity index (χ1) is 42.7. The highest BCUT2D eigenvalue weighted by atomic mass is 16.3. The number of rotatable bonds is 31. The zero-order valence-corrected chi connectivity index (χ0v) is 50.1. The second-order valence-corrected chi connectivity index (χ2v) is 22.7. The molecule has 7 rings (SSSR count). The van der Waals surface area contributed by atoms with Crippen LogP contribution in [0.15, 0.2) is 96.0 Å². The number of phenols is 1. The van der Waals surface area contributed by atoms with Crippen LogP contribution in [0.3, 0.4) is 0 Å². The molecule has 1 aliphatic carbocycles. The van der Waals surface area contributed by atoms with Gasteiger partial charge < -0.3 is 84.4 Å². The average Bonchev–Trinajstić information content (AvgIpc) is 3.11. The number of carbonyl (C=O) groups excluding carboxylic acids is 10. The summed E-state index contributed by atoms with van der Waals surface area (Å²) < 4.78 is 0. The smallest absolute Gasteiger partial charge is 0.247 e. The number of para-hydroxylation sites is 1. The summed E-state index contributed by atoms with van der Waals surface area (Å²) in [7, 11) is 0. The first kappa shape index (κ1) is 66.9. The molecule has 10 amide bonds. The fourth-order valence-corrected chi connectivity index (χ4v) is 10.9. The van der Waals surface area contributed by atoms with Crippen molar-refractivity contribution in [1.29, 1.82) is 0 Å². The molecular weight excluding hydrogens is 1150 g/mol. The Hall–Kier alpha value is -9.60. The van der Waals surface area contributed by atoms with Crippen molar-refractivity contribution in [3.8, 4) is 5.75 Å². The first-order valence-corrected chi connectivity index (χ1v) is 30.0. The van der Waals surface area contributed by atoms with Gasteiger partial charge in [-0.2, -0.15) is 0 Å². The van der Waals surface area contributed by atoms with Gasteiger partial charge in [0.05, 0.1) is 12.9 Å². The third-order valence-corrected chi connectivity index (χ3v) is 15.5. The molecule has 0 saturated carbocycles. The van der Waals surface area contributed by atoms with Gasteiger partial charge >= 0.3 is 0 Å². The lowest BCUT2D eigenvalue weighted by molar-refractivity contribution is -0.142. The third kappa shape index (κ3) is 19.2. The molecule has 2 aromatic carbocycles. The molecular formula is C61H82N16O12. The number of guanidine groups is 1. The van der Waals surface area contributed by atoms with Gasteiger partial charge in [0.1, 0.15) is 60.1 Å². The van der Waals surface area contributed by atoms with Crippen LogP contribution >= 0.6 is 0 Å². The molecule has 478 valence electrons. The number of nitrogens with zero attached hydrogens (tertiary/aromatic N) is 3. The predicted molar refractivity (Wildman–Crippen MR) is 327 cm³/mol. The molecule has 1 unspecified atom stereocenters. The van der Waals surface area contributed by atoms with Gasteiger partial charge in [0, 0.05) is 74.3 Å². The van der Waals surface area contributed by atoms with Crippen molar-refractivity contribution < 1.29 is 58.2 Å². The number of allylic oxidation sites excluding steroid dienone is 3. The van der Waals surface area contributed by atoms with Crippen molar-refractivity contribution in [3.63, 3.8) is 0 Å². The quantitative estimate of drug-likeness (QED) is 0.0122. The van der Waals surface area contributed by atoms with E-state index in [1.165, 1.54) is 41.7 Å². The Morgan fingerprint density at radius 3 is 2.07 bits per heavy atom. The predicted octanol–water partition coefficient (Wildman–Crippen LogP) is -1.21. The van der Waals surface area contributed by atoms with Crippen LogP contribution in [0.5, 0.6) is 5.75 Å². The van der Waals surface area contributed by atoms with Crippen molar-refractivity contribution in [2.75, 3.05) is 26.2 Å². The molecule has 0 bridgehead atoms. The van der Waals surface area contributed by atoms with Crippen molar-refractivity contribution in [2.24, 2.45) is 22.4 Å². The number of aromatic hydroxyl groups is 1. The minimum absolute atomic E-state index is 0.0794. The van der Waals surface area contributed by atoms with E-state index in [-0.39, 0.29) is 100 Å². The van der Waals surface area contributed by atoms with E-state index in [4.69, 9.17) is 11.5 Å². The van der Waals surface area contributed by atoms with Crippen molar-refractivity contribution >= 4 is 75.9 Å². The molecule has 4 heterocycles. The maximum atomic E-state index is 14.9. The summed E-state index contributed by atoms with van der Waals surface area (Å²) in [5, 5.41) is 46.1. The van der Waals surface area contributed by atoms with E-state index in [1.54, 1.807) is 43.5 Å². The number of fused-ring (bicyclic) bond motifs is 1. The van der Waals surface area contributed by atoms with E-state index in [1.807, 2.05) is 26.0 Å². The largest absolute Gasteiger partial charge is 0.508 e. The van der Waals surface area contributed by atoms with Crippen LogP contribution in [0.4, 0.5) is 0 Å². The van der Waals surface area contributed by atoms with E-state index in [0.29, 0.717) is 53.6 Å². The van der Waals surface area contributed by atoms with Crippen LogP contribution in [0.2, 0.25) is 0 Å². The van der Waals surface area contributed by atoms with Crippen LogP contribution in [-0.4, -0.2) is 176 Å². The molecule has 2 saturated heterocycles. The Labute approximate surface area is 514 Å². The zero-order chi connectivity index (χ0) is 64.1. The normalized spacial score (nSPS) is 17.7. The number of aliphatic hydroxyl groups is 1. The van der Waals surface area contributed by atoms with E-state index in [0.717, 1.165) is 5.52 Å². The summed E-state index contributed by atoms with van der Waals surface area (Å²) >= 11 is 0. The van der Waals surface area contributed by atoms with Crippen molar-refractivity contribution in [2.45, 2.75) is 152 Å². The summed E-state index contributed by atoms with van der Waals surface area (Å²) in [5.74, 6) is -7.45. The van der Waals surface area contributed by atoms with E-state index >= 15 is 0 Å². The maximum absolute atomic E-state index is 14.9. The molecule has 28 heteroatoms. The van der Waals surface area contributed by atoms with Crippen LogP contribution in [0.1, 0.15) is 95.4 Å². The number of aromatic amines is 2. The molecule has 9 atom stereocenters. The highest BCUT2D eigenvalue weighted by Gasteiger charge is 2.40. The monoisotopic (exact) mass is 1230 g/mol. The first-order valence-electron chi connectivity index (χ1n) is 30.0. The minimum atomic E-state index is -1.76. The summed E-state index contributed by atoms with van der Waals surface area (Å²) in [5.41, 5.74) is 13.8. The summed E-state index contributed by atoms with van der Waals surface area (Å²) in [6.45, 7) is 5.19. The number of benzene rings is 2. The lowest BCUT2D eigenvalue weighted by atomic mass is 9.95. The Balaban J connectivity index is 1.12. The average molecular weight is 1230 g/mol. The van der Waals surface area contributed by atoms with E-state index < -0.39 is 108 Å². The van der Waals surface area contributed by atoms with Crippen molar-refractivity contribution in [1.82, 2.24) is 67.7 Å². The number of H-pyrrole nitrogens is 2. The fraction of sp³-hybridized carbons (Fsp3) is 0.475. The van der Waals surface area contributed by atoms with Crippen LogP contribution < -0.4 is 59.3 Å². The van der Waals surface area contributed by atoms with Gasteiger partial charge in [-0.3, -0.25) is 52.9 Å². The fourth-order valence-electron chi connectivity index (χ4n) is 10.9. The Morgan fingerprint density at radius 1 is 0.753 bits per heavy atom. The van der Waals surface area contributed by atoms with Gasteiger partial charge in [0.15, 0.2) is 5.96 Å². The van der Waals surface area contributed by atoms with Gasteiger partial charge in [-0.1, -0.05) is 62.4 Å². The van der Waals surface area contributed by atoms with Gasteiger partial charge in [-0.25, -0.2) is 4.98 Å². The highest BCUT2D eigenvalue weighted by Crippen LogP contribution is 2.23. The molecule has 2 aliphatic heterocycles. The molecule has 0 spiro atoms. The molecule has 0 radical (unpaired) electrons. The van der Waals surface area contributed by atoms with Crippen molar-refractivity contribution in [3.05, 3.63) is 108 Å². The zero-order valence-electron chi connectivity index (χ0n) is 50.1. The van der Waals surface area contributed by atoms with Gasteiger partial charge in [0.2, 0.25) is 59.1 Å². The third-order valence-electron chi connectivity index (χ3n) is 15.5. The number of likely N-dealkylation sites (tertiary alicyclic amines) is 1. The summed E-state index contributed by atoms with van der Waals surface area (Å²) in [4.78, 5) is 156. The summed E-state index contributed by atoms with van der Waals surface area (Å²) in [6, 6.07) is 1.34. The Morgan fingerprint density at radius 2 is 1.42 bits per heavy atom. The van der Waals surface area contributed by atoms with Crippen LogP contribution in [0, 0.1) is 5.92 Å². The topological polar surface area (TPSA) is 432 Å². The Kier molecular flexibility index (Phi) is 24.4. The lowest BCUT2D eigenvalue weighted by Gasteiger charge is -2.31. The van der Waals surface area contributed by atoms with Gasteiger partial charge in [0.25, 0.3) is 0 Å². The number of aromatic nitrogens is 3. The number of hydrogen-bond acceptors (Lipinski definition) is 14. The molecule has 2 aromatic heterocycles. The number of likely N-dealkylation sites (N-methyl/N-ethyl adjacent to an activating group) is 1. The minimum Gasteiger partial charge on any atom is -0.508 e. The number of nitrogens with two attached hydrogens (primary N) is 2. The van der Waals surface area contributed by atoms with E-state index in [2.05, 4.69) is 67.8 Å². The second-order valence-electron chi connectivity index (χ2n) is 22.7. The molecule has 4 aromatic rings. The van der Waals surface area contributed by atoms with Crippen LogP contribution in [-0.2, 0) is 67.2 Å². The highest BCUT2D eigenvalue weighted by molar-refractivity contribution is 6.00. The number of imidazole rings is 1. The molecule has 28 nitrogen and oxygen atoms in total. The summed E-state index contributed by atoms with van der Waals surface area (Å²) in [6.07, 6.45) is 11.7.